The number of fused-ring (bicyclic) bond motifs is 2. The van der Waals surface area contributed by atoms with Crippen LogP contribution in [0.2, 0.25) is 0 Å². The first-order valence-electron chi connectivity index (χ1n) is 3.53. The summed E-state index contributed by atoms with van der Waals surface area (Å²) in [6.07, 6.45) is 0. The molecule has 2 heterocycles. The summed E-state index contributed by atoms with van der Waals surface area (Å²) < 4.78 is 15.1. The number of carbonyl (C=O) groups is 2. The molecule has 0 N–H and O–H groups in total. The highest BCUT2D eigenvalue weighted by Crippen LogP contribution is 2.23. The molecule has 1 aliphatic carbocycles. The quantitative estimate of drug-likeness (QED) is 0.541. The molecule has 0 saturated heterocycles. The largest absolute Gasteiger partial charge is 0.285 e. The summed E-state index contributed by atoms with van der Waals surface area (Å²) in [4.78, 5) is 23.3. The molecule has 2 aromatic heterocycles. The smallest absolute Gasteiger partial charge is 0.236 e. The number of ketones is 2. The predicted octanol–water partition coefficient (Wildman–Crippen LogP) is 0.165. The van der Waals surface area contributed by atoms with Crippen molar-refractivity contribution >= 4 is 35.0 Å². The zero-order valence-corrected chi connectivity index (χ0v) is 8.05. The molecule has 2 aromatic rings. The van der Waals surface area contributed by atoms with E-state index in [1.807, 2.05) is 0 Å². The Hall–Kier alpha value is -1.54. The SMILES string of the molecule is O=C1c2nsnc2C(=O)c2nsnc21. The number of aromatic nitrogens is 4. The summed E-state index contributed by atoms with van der Waals surface area (Å²) in [5.74, 6) is -0.728. The van der Waals surface area contributed by atoms with Crippen molar-refractivity contribution in [1.29, 1.82) is 0 Å². The van der Waals surface area contributed by atoms with Gasteiger partial charge >= 0.3 is 0 Å². The Kier molecular flexibility index (Phi) is 1.39. The van der Waals surface area contributed by atoms with E-state index in [-0.39, 0.29) is 34.3 Å². The van der Waals surface area contributed by atoms with E-state index in [0.29, 0.717) is 0 Å². The average Bonchev–Trinajstić information content (AvgIpc) is 2.82. The minimum absolute atomic E-state index is 0.0974. The van der Waals surface area contributed by atoms with Gasteiger partial charge in [0.05, 0.1) is 23.5 Å². The van der Waals surface area contributed by atoms with Crippen LogP contribution in [0.15, 0.2) is 0 Å². The first-order valence-corrected chi connectivity index (χ1v) is 4.99. The molecule has 1 aliphatic rings. The zero-order chi connectivity index (χ0) is 9.71. The molecule has 0 atom stereocenters. The van der Waals surface area contributed by atoms with Crippen LogP contribution in [-0.4, -0.2) is 29.1 Å². The van der Waals surface area contributed by atoms with E-state index in [4.69, 9.17) is 0 Å². The number of hydrogen-bond acceptors (Lipinski definition) is 8. The van der Waals surface area contributed by atoms with Crippen LogP contribution in [0, 0.1) is 0 Å². The molecule has 68 valence electrons. The standard InChI is InChI=1S/C6N4O2S2/c11-5-1-2(8-13-7-1)6(12)4-3(5)9-14-10-4. The topological polar surface area (TPSA) is 85.7 Å². The maximum atomic E-state index is 11.6. The fraction of sp³-hybridized carbons (Fsp3) is 0. The van der Waals surface area contributed by atoms with Crippen LogP contribution in [0.1, 0.15) is 32.4 Å². The van der Waals surface area contributed by atoms with E-state index in [9.17, 15) is 9.59 Å². The Morgan fingerprint density at radius 1 is 0.643 bits per heavy atom. The maximum Gasteiger partial charge on any atom is 0.236 e. The second kappa shape index (κ2) is 2.49. The molecule has 3 rings (SSSR count). The Morgan fingerprint density at radius 3 is 1.21 bits per heavy atom. The third-order valence-corrected chi connectivity index (χ3v) is 2.89. The summed E-state index contributed by atoms with van der Waals surface area (Å²) >= 11 is 1.69. The summed E-state index contributed by atoms with van der Waals surface area (Å²) in [6, 6.07) is 0. The molecular formula is C6N4O2S2. The van der Waals surface area contributed by atoms with Gasteiger partial charge in [-0.05, 0) is 0 Å². The molecule has 8 heteroatoms. The van der Waals surface area contributed by atoms with E-state index in [0.717, 1.165) is 23.5 Å². The molecule has 6 nitrogen and oxygen atoms in total. The average molecular weight is 224 g/mol. The minimum Gasteiger partial charge on any atom is -0.285 e. The number of carbonyl (C=O) groups excluding carboxylic acids is 2. The van der Waals surface area contributed by atoms with Crippen LogP contribution in [-0.2, 0) is 0 Å². The van der Waals surface area contributed by atoms with Crippen molar-refractivity contribution in [1.82, 2.24) is 17.5 Å². The molecule has 0 bridgehead atoms. The van der Waals surface area contributed by atoms with Crippen molar-refractivity contribution < 1.29 is 9.59 Å². The summed E-state index contributed by atoms with van der Waals surface area (Å²) in [7, 11) is 0. The van der Waals surface area contributed by atoms with Gasteiger partial charge in [-0.15, -0.1) is 0 Å². The van der Waals surface area contributed by atoms with Crippen molar-refractivity contribution in [2.45, 2.75) is 0 Å². The molecule has 0 radical (unpaired) electrons. The van der Waals surface area contributed by atoms with Crippen LogP contribution in [0.25, 0.3) is 0 Å². The van der Waals surface area contributed by atoms with Crippen molar-refractivity contribution in [3.8, 4) is 0 Å². The van der Waals surface area contributed by atoms with Crippen molar-refractivity contribution in [2.75, 3.05) is 0 Å². The molecule has 0 amide bonds. The number of hydrogen-bond donors (Lipinski definition) is 0. The van der Waals surface area contributed by atoms with Gasteiger partial charge in [0, 0.05) is 0 Å². The second-order valence-corrected chi connectivity index (χ2v) is 3.64. The molecular weight excluding hydrogens is 224 g/mol. The maximum absolute atomic E-state index is 11.6. The Balaban J connectivity index is 2.37. The third kappa shape index (κ3) is 0.788. The Labute approximate surface area is 85.3 Å². The predicted molar refractivity (Wildman–Crippen MR) is 46.7 cm³/mol. The highest BCUT2D eigenvalue weighted by molar-refractivity contribution is 7.00. The highest BCUT2D eigenvalue weighted by atomic mass is 32.1. The lowest BCUT2D eigenvalue weighted by Crippen LogP contribution is -2.20. The molecule has 0 saturated carbocycles. The monoisotopic (exact) mass is 224 g/mol. The van der Waals surface area contributed by atoms with Gasteiger partial charge in [-0.1, -0.05) is 0 Å². The van der Waals surface area contributed by atoms with Gasteiger partial charge < -0.3 is 0 Å². The van der Waals surface area contributed by atoms with E-state index >= 15 is 0 Å². The van der Waals surface area contributed by atoms with Crippen molar-refractivity contribution in [3.63, 3.8) is 0 Å². The first-order chi connectivity index (χ1) is 6.79. The molecule has 14 heavy (non-hydrogen) atoms. The Morgan fingerprint density at radius 2 is 0.929 bits per heavy atom. The highest BCUT2D eigenvalue weighted by Gasteiger charge is 2.36. The fourth-order valence-electron chi connectivity index (χ4n) is 1.20. The second-order valence-electron chi connectivity index (χ2n) is 2.58. The van der Waals surface area contributed by atoms with Crippen LogP contribution in [0.5, 0.6) is 0 Å². The normalized spacial score (nSPS) is 14.0. The summed E-state index contributed by atoms with van der Waals surface area (Å²) in [5, 5.41) is 0. The lowest BCUT2D eigenvalue weighted by Gasteiger charge is -2.03. The van der Waals surface area contributed by atoms with Gasteiger partial charge in [-0.3, -0.25) is 9.59 Å². The van der Waals surface area contributed by atoms with Gasteiger partial charge in [-0.2, -0.15) is 17.5 Å². The molecule has 0 fully saturated rings. The van der Waals surface area contributed by atoms with E-state index in [1.165, 1.54) is 0 Å². The number of rotatable bonds is 0. The fourth-order valence-corrected chi connectivity index (χ4v) is 2.28. The van der Waals surface area contributed by atoms with Crippen LogP contribution < -0.4 is 0 Å². The third-order valence-electron chi connectivity index (χ3n) is 1.84. The van der Waals surface area contributed by atoms with E-state index < -0.39 is 0 Å². The van der Waals surface area contributed by atoms with Crippen LogP contribution >= 0.6 is 23.5 Å². The van der Waals surface area contributed by atoms with Gasteiger partial charge in [0.25, 0.3) is 0 Å². The van der Waals surface area contributed by atoms with Crippen LogP contribution in [0.4, 0.5) is 0 Å². The van der Waals surface area contributed by atoms with E-state index in [1.54, 1.807) is 0 Å². The Bertz CT molecular complexity index is 466. The molecule has 0 unspecified atom stereocenters. The zero-order valence-electron chi connectivity index (χ0n) is 6.42. The molecule has 0 aliphatic heterocycles. The lowest BCUT2D eigenvalue weighted by molar-refractivity contribution is 0.0969. The number of nitrogens with zero attached hydrogens (tertiary/aromatic N) is 4. The van der Waals surface area contributed by atoms with Gasteiger partial charge in [0.15, 0.2) is 22.8 Å². The van der Waals surface area contributed by atoms with Crippen molar-refractivity contribution in [3.05, 3.63) is 22.8 Å². The van der Waals surface area contributed by atoms with Gasteiger partial charge in [0.2, 0.25) is 11.6 Å². The van der Waals surface area contributed by atoms with Crippen LogP contribution in [0.3, 0.4) is 0 Å². The minimum atomic E-state index is -0.364. The molecule has 0 aromatic carbocycles. The summed E-state index contributed by atoms with van der Waals surface area (Å²) in [5.41, 5.74) is 0.390. The van der Waals surface area contributed by atoms with E-state index in [2.05, 4.69) is 17.5 Å². The summed E-state index contributed by atoms with van der Waals surface area (Å²) in [6.45, 7) is 0. The van der Waals surface area contributed by atoms with Gasteiger partial charge in [-0.25, -0.2) is 0 Å². The first kappa shape index (κ1) is 7.83. The van der Waals surface area contributed by atoms with Gasteiger partial charge in [0.1, 0.15) is 0 Å². The molecule has 0 spiro atoms. The van der Waals surface area contributed by atoms with Crippen molar-refractivity contribution in [2.24, 2.45) is 0 Å². The lowest BCUT2D eigenvalue weighted by atomic mass is 10.00.